The van der Waals surface area contributed by atoms with Crippen LogP contribution in [0.3, 0.4) is 0 Å². The first-order valence-electron chi connectivity index (χ1n) is 7.90. The third-order valence-electron chi connectivity index (χ3n) is 4.26. The van der Waals surface area contributed by atoms with Crippen LogP contribution in [0.15, 0.2) is 24.3 Å². The van der Waals surface area contributed by atoms with Crippen molar-refractivity contribution in [3.05, 3.63) is 30.1 Å². The highest BCUT2D eigenvalue weighted by Gasteiger charge is 2.46. The third-order valence-corrected chi connectivity index (χ3v) is 4.26. The van der Waals surface area contributed by atoms with E-state index in [4.69, 9.17) is 0 Å². The van der Waals surface area contributed by atoms with Crippen LogP contribution in [0.25, 0.3) is 0 Å². The van der Waals surface area contributed by atoms with Gasteiger partial charge in [-0.1, -0.05) is 13.8 Å². The minimum absolute atomic E-state index is 0.132. The maximum Gasteiger partial charge on any atom is 0.123 e. The molecule has 0 aromatic heterocycles. The number of anilines is 1. The summed E-state index contributed by atoms with van der Waals surface area (Å²) >= 11 is 0. The molecule has 1 fully saturated rings. The summed E-state index contributed by atoms with van der Waals surface area (Å²) in [4.78, 5) is 2.21. The molecule has 0 bridgehead atoms. The van der Waals surface area contributed by atoms with Gasteiger partial charge in [-0.15, -0.1) is 0 Å². The van der Waals surface area contributed by atoms with E-state index < -0.39 is 0 Å². The average Bonchev–Trinajstić information content (AvgIpc) is 3.29. The van der Waals surface area contributed by atoms with E-state index >= 15 is 0 Å². The monoisotopic (exact) mass is 294 g/mol. The lowest BCUT2D eigenvalue weighted by molar-refractivity contribution is 0.135. The molecule has 0 saturated heterocycles. The first-order valence-corrected chi connectivity index (χ1v) is 7.90. The van der Waals surface area contributed by atoms with Crippen molar-refractivity contribution >= 4 is 5.69 Å². The van der Waals surface area contributed by atoms with Gasteiger partial charge in [0.05, 0.1) is 12.1 Å². The molecule has 0 spiro atoms. The fraction of sp³-hybridized carbons (Fsp3) is 0.647. The second-order valence-electron chi connectivity index (χ2n) is 6.38. The van der Waals surface area contributed by atoms with E-state index in [9.17, 15) is 9.50 Å². The van der Waals surface area contributed by atoms with Crippen LogP contribution in [0.1, 0.15) is 33.6 Å². The molecule has 1 aliphatic rings. The zero-order valence-corrected chi connectivity index (χ0v) is 13.3. The maximum atomic E-state index is 13.1. The Labute approximate surface area is 127 Å². The number of aliphatic hydroxyl groups is 1. The van der Waals surface area contributed by atoms with E-state index in [0.717, 1.165) is 18.8 Å². The molecule has 1 aromatic rings. The summed E-state index contributed by atoms with van der Waals surface area (Å²) in [5, 5.41) is 13.6. The molecule has 1 unspecified atom stereocenters. The molecule has 0 heterocycles. The summed E-state index contributed by atoms with van der Waals surface area (Å²) in [5.41, 5.74) is 0.737. The van der Waals surface area contributed by atoms with Crippen LogP contribution in [-0.2, 0) is 0 Å². The van der Waals surface area contributed by atoms with Crippen molar-refractivity contribution in [2.45, 2.75) is 45.2 Å². The number of hydrogen-bond acceptors (Lipinski definition) is 3. The molecular formula is C17H27FN2O. The number of nitrogens with one attached hydrogen (secondary N) is 1. The van der Waals surface area contributed by atoms with Gasteiger partial charge in [-0.2, -0.15) is 0 Å². The first kappa shape index (κ1) is 16.2. The van der Waals surface area contributed by atoms with Gasteiger partial charge < -0.3 is 15.3 Å². The number of nitrogens with zero attached hydrogens (tertiary/aromatic N) is 1. The molecule has 1 atom stereocenters. The minimum Gasteiger partial charge on any atom is -0.394 e. The zero-order chi connectivity index (χ0) is 15.5. The third kappa shape index (κ3) is 3.95. The van der Waals surface area contributed by atoms with Crippen molar-refractivity contribution in [3.63, 3.8) is 0 Å². The molecule has 118 valence electrons. The lowest BCUT2D eigenvalue weighted by Crippen LogP contribution is -2.60. The second-order valence-corrected chi connectivity index (χ2v) is 6.38. The number of aliphatic hydroxyl groups excluding tert-OH is 1. The van der Waals surface area contributed by atoms with E-state index in [2.05, 4.69) is 31.0 Å². The summed E-state index contributed by atoms with van der Waals surface area (Å²) in [6.07, 6.45) is 2.34. The van der Waals surface area contributed by atoms with Crippen LogP contribution >= 0.6 is 0 Å². The summed E-state index contributed by atoms with van der Waals surface area (Å²) in [6.45, 7) is 8.03. The molecule has 1 aromatic carbocycles. The largest absolute Gasteiger partial charge is 0.394 e. The van der Waals surface area contributed by atoms with Crippen LogP contribution in [-0.4, -0.2) is 36.4 Å². The van der Waals surface area contributed by atoms with Crippen molar-refractivity contribution in [2.75, 3.05) is 24.6 Å². The van der Waals surface area contributed by atoms with Crippen molar-refractivity contribution < 1.29 is 9.50 Å². The Hall–Kier alpha value is -1.13. The predicted molar refractivity (Wildman–Crippen MR) is 85.1 cm³/mol. The smallest absolute Gasteiger partial charge is 0.123 e. The van der Waals surface area contributed by atoms with Gasteiger partial charge in [0.15, 0.2) is 0 Å². The normalized spacial score (nSPS) is 17.8. The second kappa shape index (κ2) is 6.75. The Morgan fingerprint density at radius 1 is 1.33 bits per heavy atom. The van der Waals surface area contributed by atoms with Gasteiger partial charge in [-0.3, -0.25) is 0 Å². The topological polar surface area (TPSA) is 35.5 Å². The van der Waals surface area contributed by atoms with E-state index in [0.29, 0.717) is 12.0 Å². The molecule has 2 N–H and O–H groups in total. The van der Waals surface area contributed by atoms with Gasteiger partial charge in [0.2, 0.25) is 0 Å². The fourth-order valence-corrected chi connectivity index (χ4v) is 3.11. The summed E-state index contributed by atoms with van der Waals surface area (Å²) in [5.74, 6) is 0.310. The number of hydrogen-bond donors (Lipinski definition) is 2. The van der Waals surface area contributed by atoms with Gasteiger partial charge in [0, 0.05) is 24.8 Å². The molecular weight excluding hydrogens is 267 g/mol. The Bertz CT molecular complexity index is 445. The minimum atomic E-state index is -0.265. The molecule has 4 heteroatoms. The summed E-state index contributed by atoms with van der Waals surface area (Å²) in [6, 6.07) is 6.92. The predicted octanol–water partition coefficient (Wildman–Crippen LogP) is 2.79. The standard InChI is InChI=1S/C17H27FN2O/c1-4-20(16-9-7-15(18)8-10-16)11-17(12-21,14-5-6-14)19-13(2)3/h7-10,13-14,19,21H,4-6,11-12H2,1-3H3. The maximum absolute atomic E-state index is 13.1. The van der Waals surface area contributed by atoms with Gasteiger partial charge in [-0.25, -0.2) is 4.39 Å². The summed E-state index contributed by atoms with van der Waals surface area (Å²) < 4.78 is 13.1. The lowest BCUT2D eigenvalue weighted by Gasteiger charge is -2.40. The van der Waals surface area contributed by atoms with Gasteiger partial charge >= 0.3 is 0 Å². The molecule has 1 aliphatic carbocycles. The van der Waals surface area contributed by atoms with Crippen molar-refractivity contribution in [1.82, 2.24) is 5.32 Å². The quantitative estimate of drug-likeness (QED) is 0.774. The highest BCUT2D eigenvalue weighted by molar-refractivity contribution is 5.47. The van der Waals surface area contributed by atoms with Crippen LogP contribution in [0, 0.1) is 11.7 Å². The van der Waals surface area contributed by atoms with E-state index in [1.807, 2.05) is 12.1 Å². The van der Waals surface area contributed by atoms with Crippen molar-refractivity contribution in [2.24, 2.45) is 5.92 Å². The molecule has 0 aliphatic heterocycles. The van der Waals surface area contributed by atoms with E-state index in [1.54, 1.807) is 0 Å². The first-order chi connectivity index (χ1) is 10.0. The number of likely N-dealkylation sites (N-methyl/N-ethyl adjacent to an activating group) is 1. The van der Waals surface area contributed by atoms with E-state index in [1.165, 1.54) is 25.0 Å². The Kier molecular flexibility index (Phi) is 5.22. The zero-order valence-electron chi connectivity index (χ0n) is 13.3. The Balaban J connectivity index is 2.18. The van der Waals surface area contributed by atoms with Gasteiger partial charge in [0.25, 0.3) is 0 Å². The molecule has 3 nitrogen and oxygen atoms in total. The van der Waals surface area contributed by atoms with Crippen LogP contribution < -0.4 is 10.2 Å². The van der Waals surface area contributed by atoms with Crippen LogP contribution in [0.4, 0.5) is 10.1 Å². The molecule has 1 saturated carbocycles. The van der Waals surface area contributed by atoms with Crippen LogP contribution in [0.5, 0.6) is 0 Å². The van der Waals surface area contributed by atoms with Gasteiger partial charge in [0.1, 0.15) is 5.82 Å². The van der Waals surface area contributed by atoms with Gasteiger partial charge in [-0.05, 0) is 49.9 Å². The number of benzene rings is 1. The van der Waals surface area contributed by atoms with Crippen molar-refractivity contribution in [1.29, 1.82) is 0 Å². The lowest BCUT2D eigenvalue weighted by atomic mass is 9.92. The van der Waals surface area contributed by atoms with Crippen LogP contribution in [0.2, 0.25) is 0 Å². The number of halogens is 1. The molecule has 0 amide bonds. The molecule has 21 heavy (non-hydrogen) atoms. The molecule has 0 radical (unpaired) electrons. The summed E-state index contributed by atoms with van der Waals surface area (Å²) in [7, 11) is 0. The fourth-order valence-electron chi connectivity index (χ4n) is 3.11. The average molecular weight is 294 g/mol. The van der Waals surface area contributed by atoms with E-state index in [-0.39, 0.29) is 18.0 Å². The van der Waals surface area contributed by atoms with Crippen molar-refractivity contribution in [3.8, 4) is 0 Å². The highest BCUT2D eigenvalue weighted by atomic mass is 19.1. The number of rotatable bonds is 8. The Morgan fingerprint density at radius 2 is 1.95 bits per heavy atom. The molecule has 2 rings (SSSR count). The Morgan fingerprint density at radius 3 is 2.38 bits per heavy atom. The highest BCUT2D eigenvalue weighted by Crippen LogP contribution is 2.40. The SMILES string of the molecule is CCN(CC(CO)(NC(C)C)C1CC1)c1ccc(F)cc1.